The normalized spacial score (nSPS) is 11.1. The van der Waals surface area contributed by atoms with E-state index in [2.05, 4.69) is 10.5 Å². The van der Waals surface area contributed by atoms with Gasteiger partial charge < -0.3 is 0 Å². The molecular weight excluding hydrogens is 302 g/mol. The number of nitro groups is 1. The molecule has 0 saturated heterocycles. The SMILES string of the molecule is O=C(Cc1cccs1)N/N=C/C=C/c1ccccc1[N+](=O)[O-]. The maximum Gasteiger partial charge on any atom is 0.276 e. The highest BCUT2D eigenvalue weighted by Gasteiger charge is 2.08. The van der Waals surface area contributed by atoms with Crippen LogP contribution in [0.4, 0.5) is 5.69 Å². The number of carbonyl (C=O) groups is 1. The van der Waals surface area contributed by atoms with Gasteiger partial charge in [0.15, 0.2) is 0 Å². The molecule has 0 atom stereocenters. The van der Waals surface area contributed by atoms with Crippen LogP contribution >= 0.6 is 11.3 Å². The molecule has 0 fully saturated rings. The van der Waals surface area contributed by atoms with E-state index in [1.54, 1.807) is 24.3 Å². The van der Waals surface area contributed by atoms with Crippen LogP contribution < -0.4 is 5.43 Å². The maximum atomic E-state index is 11.6. The first kappa shape index (κ1) is 15.6. The summed E-state index contributed by atoms with van der Waals surface area (Å²) in [5.74, 6) is -0.210. The summed E-state index contributed by atoms with van der Waals surface area (Å²) >= 11 is 1.51. The second-order valence-electron chi connectivity index (χ2n) is 4.24. The van der Waals surface area contributed by atoms with Crippen LogP contribution in [0, 0.1) is 10.1 Å². The molecule has 1 aromatic carbocycles. The van der Waals surface area contributed by atoms with Crippen LogP contribution in [-0.2, 0) is 11.2 Å². The van der Waals surface area contributed by atoms with E-state index < -0.39 is 4.92 Å². The molecule has 1 amide bonds. The number of hydrogen-bond acceptors (Lipinski definition) is 5. The minimum atomic E-state index is -0.445. The minimum absolute atomic E-state index is 0.0221. The molecule has 2 aromatic rings. The lowest BCUT2D eigenvalue weighted by atomic mass is 10.2. The summed E-state index contributed by atoms with van der Waals surface area (Å²) in [5, 5.41) is 16.5. The lowest BCUT2D eigenvalue weighted by Crippen LogP contribution is -2.18. The highest BCUT2D eigenvalue weighted by molar-refractivity contribution is 7.10. The largest absolute Gasteiger partial charge is 0.276 e. The minimum Gasteiger partial charge on any atom is -0.273 e. The lowest BCUT2D eigenvalue weighted by Gasteiger charge is -1.96. The van der Waals surface area contributed by atoms with Crippen LogP contribution in [-0.4, -0.2) is 17.0 Å². The van der Waals surface area contributed by atoms with Gasteiger partial charge in [-0.05, 0) is 29.7 Å². The molecule has 0 unspecified atom stereocenters. The van der Waals surface area contributed by atoms with Gasteiger partial charge in [0.1, 0.15) is 0 Å². The molecule has 2 rings (SSSR count). The van der Waals surface area contributed by atoms with E-state index in [0.717, 1.165) is 4.88 Å². The van der Waals surface area contributed by atoms with Crippen molar-refractivity contribution in [3.05, 3.63) is 68.4 Å². The zero-order chi connectivity index (χ0) is 15.8. The number of amides is 1. The summed E-state index contributed by atoms with van der Waals surface area (Å²) < 4.78 is 0. The molecule has 0 aliphatic heterocycles. The van der Waals surface area contributed by atoms with Crippen molar-refractivity contribution in [2.75, 3.05) is 0 Å². The van der Waals surface area contributed by atoms with Crippen molar-refractivity contribution in [1.82, 2.24) is 5.43 Å². The molecule has 0 aliphatic carbocycles. The smallest absolute Gasteiger partial charge is 0.273 e. The van der Waals surface area contributed by atoms with E-state index in [4.69, 9.17) is 0 Å². The second kappa shape index (κ2) is 7.84. The van der Waals surface area contributed by atoms with Crippen LogP contribution in [0.5, 0.6) is 0 Å². The topological polar surface area (TPSA) is 84.6 Å². The van der Waals surface area contributed by atoms with Crippen molar-refractivity contribution in [1.29, 1.82) is 0 Å². The molecular formula is C15H13N3O3S. The van der Waals surface area contributed by atoms with Crippen LogP contribution in [0.2, 0.25) is 0 Å². The van der Waals surface area contributed by atoms with E-state index in [1.807, 2.05) is 17.5 Å². The average Bonchev–Trinajstić information content (AvgIpc) is 3.00. The first-order valence-corrected chi connectivity index (χ1v) is 7.29. The Hall–Kier alpha value is -2.80. The maximum absolute atomic E-state index is 11.6. The van der Waals surface area contributed by atoms with Crippen molar-refractivity contribution in [2.24, 2.45) is 5.10 Å². The summed E-state index contributed by atoms with van der Waals surface area (Å²) in [7, 11) is 0. The van der Waals surface area contributed by atoms with Gasteiger partial charge in [-0.25, -0.2) is 5.43 Å². The summed E-state index contributed by atoms with van der Waals surface area (Å²) in [5.41, 5.74) is 2.89. The van der Waals surface area contributed by atoms with Crippen molar-refractivity contribution < 1.29 is 9.72 Å². The molecule has 6 nitrogen and oxygen atoms in total. The molecule has 0 bridgehead atoms. The number of nitro benzene ring substituents is 1. The van der Waals surface area contributed by atoms with E-state index in [1.165, 1.54) is 29.7 Å². The number of hydrogen-bond donors (Lipinski definition) is 1. The Morgan fingerprint density at radius 3 is 2.86 bits per heavy atom. The number of para-hydroxylation sites is 1. The first-order chi connectivity index (χ1) is 10.7. The van der Waals surface area contributed by atoms with Gasteiger partial charge in [-0.3, -0.25) is 14.9 Å². The summed E-state index contributed by atoms with van der Waals surface area (Å²) in [4.78, 5) is 22.9. The van der Waals surface area contributed by atoms with E-state index in [-0.39, 0.29) is 18.0 Å². The number of benzene rings is 1. The zero-order valence-electron chi connectivity index (χ0n) is 11.5. The number of rotatable bonds is 6. The number of nitrogens with one attached hydrogen (secondary N) is 1. The van der Waals surface area contributed by atoms with E-state index in [9.17, 15) is 14.9 Å². The van der Waals surface area contributed by atoms with Gasteiger partial charge in [-0.1, -0.05) is 18.2 Å². The van der Waals surface area contributed by atoms with Crippen molar-refractivity contribution in [3.63, 3.8) is 0 Å². The molecule has 22 heavy (non-hydrogen) atoms. The Morgan fingerprint density at radius 1 is 1.32 bits per heavy atom. The molecule has 0 spiro atoms. The van der Waals surface area contributed by atoms with Gasteiger partial charge >= 0.3 is 0 Å². The van der Waals surface area contributed by atoms with Crippen molar-refractivity contribution in [2.45, 2.75) is 6.42 Å². The Bertz CT molecular complexity index is 709. The first-order valence-electron chi connectivity index (χ1n) is 6.41. The number of carbonyl (C=O) groups excluding carboxylic acids is 1. The average molecular weight is 315 g/mol. The number of allylic oxidation sites excluding steroid dienone is 1. The molecule has 1 heterocycles. The van der Waals surface area contributed by atoms with Crippen LogP contribution in [0.25, 0.3) is 6.08 Å². The Balaban J connectivity index is 1.87. The quantitative estimate of drug-likeness (QED) is 0.505. The third-order valence-electron chi connectivity index (χ3n) is 2.67. The van der Waals surface area contributed by atoms with Crippen molar-refractivity contribution >= 4 is 35.2 Å². The molecule has 1 N–H and O–H groups in total. The second-order valence-corrected chi connectivity index (χ2v) is 5.28. The summed E-state index contributed by atoms with van der Waals surface area (Å²) in [6, 6.07) is 10.1. The Labute approximate surface area is 130 Å². The van der Waals surface area contributed by atoms with E-state index >= 15 is 0 Å². The van der Waals surface area contributed by atoms with Gasteiger partial charge in [0.05, 0.1) is 16.9 Å². The number of thiophene rings is 1. The molecule has 0 aliphatic rings. The predicted octanol–water partition coefficient (Wildman–Crippen LogP) is 3.01. The molecule has 7 heteroatoms. The zero-order valence-corrected chi connectivity index (χ0v) is 12.3. The lowest BCUT2D eigenvalue weighted by molar-refractivity contribution is -0.385. The van der Waals surface area contributed by atoms with E-state index in [0.29, 0.717) is 5.56 Å². The molecule has 0 saturated carbocycles. The van der Waals surface area contributed by atoms with Crippen LogP contribution in [0.1, 0.15) is 10.4 Å². The van der Waals surface area contributed by atoms with Crippen molar-refractivity contribution in [3.8, 4) is 0 Å². The fraction of sp³-hybridized carbons (Fsp3) is 0.0667. The fourth-order valence-electron chi connectivity index (χ4n) is 1.70. The third-order valence-corrected chi connectivity index (χ3v) is 3.55. The Kier molecular flexibility index (Phi) is 5.56. The predicted molar refractivity (Wildman–Crippen MR) is 86.8 cm³/mol. The third kappa shape index (κ3) is 4.64. The van der Waals surface area contributed by atoms with Gasteiger partial charge in [-0.2, -0.15) is 5.10 Å². The van der Waals surface area contributed by atoms with Crippen LogP contribution in [0.15, 0.2) is 53.0 Å². The monoisotopic (exact) mass is 315 g/mol. The number of hydrazone groups is 1. The van der Waals surface area contributed by atoms with Gasteiger partial charge in [-0.15, -0.1) is 11.3 Å². The molecule has 112 valence electrons. The van der Waals surface area contributed by atoms with Gasteiger partial charge in [0.2, 0.25) is 5.91 Å². The highest BCUT2D eigenvalue weighted by Crippen LogP contribution is 2.18. The van der Waals surface area contributed by atoms with Crippen LogP contribution in [0.3, 0.4) is 0 Å². The van der Waals surface area contributed by atoms with Gasteiger partial charge in [0.25, 0.3) is 5.69 Å². The summed E-state index contributed by atoms with van der Waals surface area (Å²) in [6.07, 6.45) is 4.76. The molecule has 1 aromatic heterocycles. The Morgan fingerprint density at radius 2 is 2.14 bits per heavy atom. The molecule has 0 radical (unpaired) electrons. The fourth-order valence-corrected chi connectivity index (χ4v) is 2.41. The van der Waals surface area contributed by atoms with Gasteiger partial charge in [0, 0.05) is 17.2 Å². The highest BCUT2D eigenvalue weighted by atomic mass is 32.1. The number of nitrogens with zero attached hydrogens (tertiary/aromatic N) is 2. The standard InChI is InChI=1S/C15H13N3O3S/c19-15(11-13-7-4-10-22-13)17-16-9-3-6-12-5-1-2-8-14(12)18(20)21/h1-10H,11H2,(H,17,19)/b6-3+,16-9+. The summed E-state index contributed by atoms with van der Waals surface area (Å²) in [6.45, 7) is 0.